The van der Waals surface area contributed by atoms with E-state index in [1.54, 1.807) is 13.0 Å². The number of hydrogen-bond donors (Lipinski definition) is 1. The topological polar surface area (TPSA) is 99.3 Å². The molecule has 1 aromatic heterocycles. The van der Waals surface area contributed by atoms with Gasteiger partial charge in [0.05, 0.1) is 10.6 Å². The summed E-state index contributed by atoms with van der Waals surface area (Å²) in [7, 11) is 1.35. The molecule has 0 atom stereocenters. The highest BCUT2D eigenvalue weighted by molar-refractivity contribution is 6.06. The second kappa shape index (κ2) is 6.38. The number of amides is 1. The van der Waals surface area contributed by atoms with Gasteiger partial charge in [-0.2, -0.15) is 13.9 Å². The Balaban J connectivity index is 2.34. The molecule has 0 saturated heterocycles. The van der Waals surface area contributed by atoms with Gasteiger partial charge in [-0.3, -0.25) is 19.6 Å². The van der Waals surface area contributed by atoms with Gasteiger partial charge in [-0.25, -0.2) is 0 Å². The van der Waals surface area contributed by atoms with Gasteiger partial charge in [0.1, 0.15) is 11.9 Å². The van der Waals surface area contributed by atoms with Crippen LogP contribution in [0, 0.1) is 17.0 Å². The number of halogens is 2. The van der Waals surface area contributed by atoms with Gasteiger partial charge in [-0.05, 0) is 24.6 Å². The lowest BCUT2D eigenvalue weighted by molar-refractivity contribution is -0.385. The Kier molecular flexibility index (Phi) is 4.53. The van der Waals surface area contributed by atoms with Crippen molar-refractivity contribution in [1.82, 2.24) is 9.78 Å². The molecule has 0 bridgehead atoms. The summed E-state index contributed by atoms with van der Waals surface area (Å²) < 4.78 is 30.2. The van der Waals surface area contributed by atoms with E-state index in [9.17, 15) is 23.7 Å². The lowest BCUT2D eigenvalue weighted by Gasteiger charge is -2.12. The van der Waals surface area contributed by atoms with Crippen molar-refractivity contribution in [3.63, 3.8) is 0 Å². The third-order valence-corrected chi connectivity index (χ3v) is 2.93. The Hall–Kier alpha value is -3.04. The fourth-order valence-electron chi connectivity index (χ4n) is 1.93. The van der Waals surface area contributed by atoms with E-state index in [1.807, 2.05) is 0 Å². The lowest BCUT2D eigenvalue weighted by Crippen LogP contribution is -2.18. The number of hydrogen-bond acceptors (Lipinski definition) is 5. The van der Waals surface area contributed by atoms with Crippen LogP contribution in [0.5, 0.6) is 5.75 Å². The minimum atomic E-state index is -3.07. The number of carbonyl (C=O) groups is 1. The first-order valence-corrected chi connectivity index (χ1v) is 6.32. The van der Waals surface area contributed by atoms with Gasteiger partial charge >= 0.3 is 12.3 Å². The van der Waals surface area contributed by atoms with Crippen LogP contribution in [0.4, 0.5) is 20.2 Å². The van der Waals surface area contributed by atoms with Crippen LogP contribution in [0.2, 0.25) is 0 Å². The molecular weight excluding hydrogens is 314 g/mol. The molecule has 10 heteroatoms. The summed E-state index contributed by atoms with van der Waals surface area (Å²) in [6.07, 6.45) is 0.931. The van der Waals surface area contributed by atoms with E-state index in [4.69, 9.17) is 0 Å². The first kappa shape index (κ1) is 16.3. The van der Waals surface area contributed by atoms with Gasteiger partial charge in [0.25, 0.3) is 5.91 Å². The van der Waals surface area contributed by atoms with Crippen molar-refractivity contribution in [3.8, 4) is 5.75 Å². The molecule has 1 amide bonds. The van der Waals surface area contributed by atoms with Crippen molar-refractivity contribution in [2.75, 3.05) is 5.32 Å². The molecule has 0 aliphatic carbocycles. The Morgan fingerprint density at radius 1 is 1.48 bits per heavy atom. The first-order valence-electron chi connectivity index (χ1n) is 6.32. The fourth-order valence-corrected chi connectivity index (χ4v) is 1.93. The molecule has 1 aromatic carbocycles. The van der Waals surface area contributed by atoms with E-state index >= 15 is 0 Å². The normalized spacial score (nSPS) is 10.7. The third kappa shape index (κ3) is 3.59. The van der Waals surface area contributed by atoms with E-state index < -0.39 is 23.1 Å². The number of rotatable bonds is 5. The van der Waals surface area contributed by atoms with Crippen molar-refractivity contribution in [1.29, 1.82) is 0 Å². The molecule has 0 radical (unpaired) electrons. The van der Waals surface area contributed by atoms with E-state index in [2.05, 4.69) is 15.2 Å². The minimum absolute atomic E-state index is 0.0311. The molecule has 23 heavy (non-hydrogen) atoms. The van der Waals surface area contributed by atoms with Crippen LogP contribution in [0.25, 0.3) is 0 Å². The van der Waals surface area contributed by atoms with Crippen molar-refractivity contribution in [2.45, 2.75) is 13.5 Å². The monoisotopic (exact) mass is 326 g/mol. The molecule has 122 valence electrons. The van der Waals surface area contributed by atoms with Crippen LogP contribution >= 0.6 is 0 Å². The summed E-state index contributed by atoms with van der Waals surface area (Å²) in [4.78, 5) is 22.4. The standard InChI is InChI=1S/C13H12F2N4O4/c1-7-3-4-8(10(5-7)23-13(14)15)17-12(20)11-9(19(21)22)6-16-18(11)2/h3-6,13H,1-2H3,(H,17,20). The summed E-state index contributed by atoms with van der Waals surface area (Å²) in [5.41, 5.74) is -0.187. The molecule has 1 N–H and O–H groups in total. The van der Waals surface area contributed by atoms with Gasteiger partial charge < -0.3 is 10.1 Å². The second-order valence-corrected chi connectivity index (χ2v) is 4.59. The highest BCUT2D eigenvalue weighted by Crippen LogP contribution is 2.28. The Bertz CT molecular complexity index is 760. The lowest BCUT2D eigenvalue weighted by atomic mass is 10.2. The fraction of sp³-hybridized carbons (Fsp3) is 0.231. The van der Waals surface area contributed by atoms with E-state index in [0.29, 0.717) is 5.56 Å². The number of aryl methyl sites for hydroxylation is 2. The number of aromatic nitrogens is 2. The molecule has 0 aliphatic rings. The molecule has 0 unspecified atom stereocenters. The number of ether oxygens (including phenoxy) is 1. The third-order valence-electron chi connectivity index (χ3n) is 2.93. The number of alkyl halides is 2. The van der Waals surface area contributed by atoms with E-state index in [1.165, 1.54) is 19.2 Å². The largest absolute Gasteiger partial charge is 0.433 e. The zero-order chi connectivity index (χ0) is 17.1. The van der Waals surface area contributed by atoms with E-state index in [-0.39, 0.29) is 17.1 Å². The maximum atomic E-state index is 12.4. The average molecular weight is 326 g/mol. The molecule has 2 rings (SSSR count). The van der Waals surface area contributed by atoms with Gasteiger partial charge in [0.15, 0.2) is 0 Å². The van der Waals surface area contributed by atoms with Crippen molar-refractivity contribution >= 4 is 17.3 Å². The van der Waals surface area contributed by atoms with Crippen LogP contribution in [0.1, 0.15) is 16.1 Å². The molecule has 0 spiro atoms. The van der Waals surface area contributed by atoms with Crippen molar-refractivity contribution in [2.24, 2.45) is 7.05 Å². The number of benzene rings is 1. The van der Waals surface area contributed by atoms with Crippen LogP contribution in [-0.4, -0.2) is 27.2 Å². The molecular formula is C13H12F2N4O4. The zero-order valence-electron chi connectivity index (χ0n) is 12.1. The van der Waals surface area contributed by atoms with Crippen molar-refractivity contribution in [3.05, 3.63) is 45.8 Å². The van der Waals surface area contributed by atoms with Crippen LogP contribution in [0.3, 0.4) is 0 Å². The summed E-state index contributed by atoms with van der Waals surface area (Å²) in [5, 5.41) is 16.9. The number of nitrogens with zero attached hydrogens (tertiary/aromatic N) is 3. The molecule has 0 saturated carbocycles. The smallest absolute Gasteiger partial charge is 0.387 e. The molecule has 2 aromatic rings. The van der Waals surface area contributed by atoms with Gasteiger partial charge in [0, 0.05) is 7.05 Å². The van der Waals surface area contributed by atoms with Crippen LogP contribution < -0.4 is 10.1 Å². The first-order chi connectivity index (χ1) is 10.8. The minimum Gasteiger partial charge on any atom is -0.433 e. The number of anilines is 1. The predicted molar refractivity (Wildman–Crippen MR) is 75.6 cm³/mol. The van der Waals surface area contributed by atoms with Crippen LogP contribution in [-0.2, 0) is 7.05 Å². The van der Waals surface area contributed by atoms with Crippen molar-refractivity contribution < 1.29 is 23.2 Å². The highest BCUT2D eigenvalue weighted by atomic mass is 19.3. The predicted octanol–water partition coefficient (Wildman–Crippen LogP) is 2.49. The van der Waals surface area contributed by atoms with E-state index in [0.717, 1.165) is 10.9 Å². The second-order valence-electron chi connectivity index (χ2n) is 4.59. The number of nitro groups is 1. The van der Waals surface area contributed by atoms with Gasteiger partial charge in [0.2, 0.25) is 5.69 Å². The molecule has 1 heterocycles. The number of carbonyl (C=O) groups excluding carboxylic acids is 1. The summed E-state index contributed by atoms with van der Waals surface area (Å²) in [6.45, 7) is -1.41. The SMILES string of the molecule is Cc1ccc(NC(=O)c2c([N+](=O)[O-])cnn2C)c(OC(F)F)c1. The molecule has 0 aliphatic heterocycles. The maximum Gasteiger partial charge on any atom is 0.387 e. The van der Waals surface area contributed by atoms with Crippen LogP contribution in [0.15, 0.2) is 24.4 Å². The summed E-state index contributed by atoms with van der Waals surface area (Å²) >= 11 is 0. The van der Waals surface area contributed by atoms with Gasteiger partial charge in [-0.15, -0.1) is 0 Å². The number of nitrogens with one attached hydrogen (secondary N) is 1. The Morgan fingerprint density at radius 2 is 2.17 bits per heavy atom. The summed E-state index contributed by atoms with van der Waals surface area (Å²) in [5.74, 6) is -1.10. The average Bonchev–Trinajstić information content (AvgIpc) is 2.83. The van der Waals surface area contributed by atoms with Gasteiger partial charge in [-0.1, -0.05) is 6.07 Å². The maximum absolute atomic E-state index is 12.4. The summed E-state index contributed by atoms with van der Waals surface area (Å²) in [6, 6.07) is 4.26. The molecule has 8 nitrogen and oxygen atoms in total. The quantitative estimate of drug-likeness (QED) is 0.672. The molecule has 0 fully saturated rings. The zero-order valence-corrected chi connectivity index (χ0v) is 12.1. The Labute approximate surface area is 128 Å². The Morgan fingerprint density at radius 3 is 2.78 bits per heavy atom. The highest BCUT2D eigenvalue weighted by Gasteiger charge is 2.26.